The Morgan fingerprint density at radius 2 is 1.95 bits per heavy atom. The Kier molecular flexibility index (Phi) is 7.14. The van der Waals surface area contributed by atoms with Gasteiger partial charge in [0.2, 0.25) is 0 Å². The van der Waals surface area contributed by atoms with Crippen molar-refractivity contribution in [2.45, 2.75) is 13.5 Å². The highest BCUT2D eigenvalue weighted by molar-refractivity contribution is 7.78. The minimum Gasteiger partial charge on any atom is -0.383 e. The van der Waals surface area contributed by atoms with Crippen LogP contribution in [0.25, 0.3) is 0 Å². The van der Waals surface area contributed by atoms with Crippen LogP contribution in [0, 0.1) is 6.92 Å². The molecular formula is C11H20FN3O3S. The third-order valence-electron chi connectivity index (χ3n) is 2.79. The second-order valence-corrected chi connectivity index (χ2v) is 4.88. The molecule has 0 aromatic carbocycles. The largest absolute Gasteiger partial charge is 0.383 e. The quantitative estimate of drug-likeness (QED) is 0.627. The number of methoxy groups -OCH3 is 2. The zero-order chi connectivity index (χ0) is 14.3. The molecular weight excluding hydrogens is 273 g/mol. The van der Waals surface area contributed by atoms with Gasteiger partial charge in [-0.2, -0.15) is 4.21 Å². The predicted molar refractivity (Wildman–Crippen MR) is 70.6 cm³/mol. The summed E-state index contributed by atoms with van der Waals surface area (Å²) in [6.45, 7) is 4.72. The Morgan fingerprint density at radius 1 is 1.37 bits per heavy atom. The lowest BCUT2D eigenvalue weighted by atomic mass is 10.3. The van der Waals surface area contributed by atoms with E-state index in [-0.39, 0.29) is 0 Å². The van der Waals surface area contributed by atoms with Crippen molar-refractivity contribution in [3.63, 3.8) is 0 Å². The Balaban J connectivity index is 2.76. The fourth-order valence-electron chi connectivity index (χ4n) is 1.67. The highest BCUT2D eigenvalue weighted by Gasteiger charge is 2.15. The number of aromatic nitrogens is 2. The summed E-state index contributed by atoms with van der Waals surface area (Å²) in [6.07, 6.45) is 1.26. The molecule has 1 atom stereocenters. The molecule has 19 heavy (non-hydrogen) atoms. The first-order valence-electron chi connectivity index (χ1n) is 5.91. The van der Waals surface area contributed by atoms with Crippen LogP contribution in [0.2, 0.25) is 0 Å². The molecule has 1 heterocycles. The van der Waals surface area contributed by atoms with Crippen molar-refractivity contribution in [3.05, 3.63) is 17.7 Å². The Labute approximate surface area is 115 Å². The summed E-state index contributed by atoms with van der Waals surface area (Å²) in [7, 11) is 3.25. The van der Waals surface area contributed by atoms with Crippen LogP contribution in [0.3, 0.4) is 0 Å². The lowest BCUT2D eigenvalue weighted by Gasteiger charge is -2.21. The average Bonchev–Trinajstić information content (AvgIpc) is 2.74. The molecule has 0 spiro atoms. The number of rotatable bonds is 9. The molecule has 0 N–H and O–H groups in total. The smallest absolute Gasteiger partial charge is 0.309 e. The molecule has 1 rings (SSSR count). The Hall–Kier alpha value is -0.830. The minimum absolute atomic E-state index is 0.453. The van der Waals surface area contributed by atoms with Crippen LogP contribution in [-0.4, -0.2) is 58.6 Å². The summed E-state index contributed by atoms with van der Waals surface area (Å²) < 4.78 is 35.1. The number of nitrogens with zero attached hydrogens (tertiary/aromatic N) is 3. The van der Waals surface area contributed by atoms with Gasteiger partial charge in [-0.15, -0.1) is 3.89 Å². The molecule has 6 nitrogen and oxygen atoms in total. The summed E-state index contributed by atoms with van der Waals surface area (Å²) in [5.41, 5.74) is 1.28. The average molecular weight is 293 g/mol. The van der Waals surface area contributed by atoms with Crippen LogP contribution >= 0.6 is 0 Å². The van der Waals surface area contributed by atoms with E-state index >= 15 is 0 Å². The van der Waals surface area contributed by atoms with Gasteiger partial charge in [0, 0.05) is 33.9 Å². The van der Waals surface area contributed by atoms with Gasteiger partial charge in [-0.1, -0.05) is 0 Å². The third kappa shape index (κ3) is 4.98. The standard InChI is InChI=1S/C11H20FN3O3S/c1-10-11(15(9-13-10)19(12)16)8-14(4-6-17-2)5-7-18-3/h9H,4-8H2,1-3H3. The van der Waals surface area contributed by atoms with Gasteiger partial charge in [0.25, 0.3) is 0 Å². The Morgan fingerprint density at radius 3 is 2.42 bits per heavy atom. The fourth-order valence-corrected chi connectivity index (χ4v) is 2.16. The van der Waals surface area contributed by atoms with Crippen molar-refractivity contribution in [1.29, 1.82) is 0 Å². The minimum atomic E-state index is -2.58. The summed E-state index contributed by atoms with van der Waals surface area (Å²) in [5, 5.41) is 0. The summed E-state index contributed by atoms with van der Waals surface area (Å²) in [4.78, 5) is 6.03. The second kappa shape index (κ2) is 8.36. The highest BCUT2D eigenvalue weighted by atomic mass is 32.2. The van der Waals surface area contributed by atoms with Crippen LogP contribution in [-0.2, 0) is 27.4 Å². The molecule has 0 bridgehead atoms. The maximum absolute atomic E-state index is 13.0. The molecule has 1 unspecified atom stereocenters. The summed E-state index contributed by atoms with van der Waals surface area (Å²) in [6, 6.07) is 0. The zero-order valence-corrected chi connectivity index (χ0v) is 12.3. The van der Waals surface area contributed by atoms with Gasteiger partial charge < -0.3 is 9.47 Å². The predicted octanol–water partition coefficient (Wildman–Crippen LogP) is 0.683. The monoisotopic (exact) mass is 293 g/mol. The van der Waals surface area contributed by atoms with E-state index in [0.29, 0.717) is 44.2 Å². The molecule has 0 radical (unpaired) electrons. The third-order valence-corrected chi connectivity index (χ3v) is 3.42. The van der Waals surface area contributed by atoms with Crippen molar-refractivity contribution >= 4 is 11.4 Å². The number of halogens is 1. The molecule has 1 aromatic heterocycles. The normalized spacial score (nSPS) is 13.1. The molecule has 0 aliphatic carbocycles. The molecule has 0 saturated heterocycles. The van der Waals surface area contributed by atoms with Crippen molar-refractivity contribution < 1.29 is 17.6 Å². The van der Waals surface area contributed by atoms with Gasteiger partial charge in [0.15, 0.2) is 0 Å². The second-order valence-electron chi connectivity index (χ2n) is 4.07. The lowest BCUT2D eigenvalue weighted by Crippen LogP contribution is -2.31. The van der Waals surface area contributed by atoms with Crippen LogP contribution in [0.1, 0.15) is 11.4 Å². The van der Waals surface area contributed by atoms with E-state index in [1.165, 1.54) is 6.33 Å². The van der Waals surface area contributed by atoms with Gasteiger partial charge in [0.05, 0.1) is 24.6 Å². The van der Waals surface area contributed by atoms with Crippen molar-refractivity contribution in [2.75, 3.05) is 40.5 Å². The molecule has 1 aromatic rings. The van der Waals surface area contributed by atoms with Crippen LogP contribution < -0.4 is 0 Å². The van der Waals surface area contributed by atoms with Gasteiger partial charge in [-0.3, -0.25) is 4.90 Å². The lowest BCUT2D eigenvalue weighted by molar-refractivity contribution is 0.109. The number of ether oxygens (including phenoxy) is 2. The van der Waals surface area contributed by atoms with E-state index < -0.39 is 11.4 Å². The SMILES string of the molecule is COCCN(CCOC)Cc1c(C)ncn1S(=O)F. The Bertz CT molecular complexity index is 406. The zero-order valence-electron chi connectivity index (χ0n) is 11.5. The number of aryl methyl sites for hydroxylation is 1. The first kappa shape index (κ1) is 16.2. The highest BCUT2D eigenvalue weighted by Crippen LogP contribution is 2.12. The maximum atomic E-state index is 13.0. The van der Waals surface area contributed by atoms with Gasteiger partial charge in [-0.25, -0.2) is 8.96 Å². The van der Waals surface area contributed by atoms with Crippen LogP contribution in [0.4, 0.5) is 3.89 Å². The van der Waals surface area contributed by atoms with E-state index in [0.717, 1.165) is 3.97 Å². The van der Waals surface area contributed by atoms with Gasteiger partial charge in [-0.05, 0) is 6.92 Å². The van der Waals surface area contributed by atoms with Crippen LogP contribution in [0.5, 0.6) is 0 Å². The first-order valence-corrected chi connectivity index (χ1v) is 6.92. The van der Waals surface area contributed by atoms with E-state index in [1.807, 2.05) is 4.90 Å². The number of hydrogen-bond donors (Lipinski definition) is 0. The summed E-state index contributed by atoms with van der Waals surface area (Å²) in [5.74, 6) is 0. The maximum Gasteiger partial charge on any atom is 0.309 e. The van der Waals surface area contributed by atoms with E-state index in [1.54, 1.807) is 21.1 Å². The molecule has 8 heteroatoms. The summed E-state index contributed by atoms with van der Waals surface area (Å²) >= 11 is -2.58. The fraction of sp³-hybridized carbons (Fsp3) is 0.727. The number of imidazole rings is 1. The van der Waals surface area contributed by atoms with Crippen LogP contribution in [0.15, 0.2) is 6.33 Å². The molecule has 0 aliphatic heterocycles. The van der Waals surface area contributed by atoms with E-state index in [9.17, 15) is 8.09 Å². The topological polar surface area (TPSA) is 56.6 Å². The van der Waals surface area contributed by atoms with E-state index in [2.05, 4.69) is 4.98 Å². The number of hydrogen-bond acceptors (Lipinski definition) is 5. The van der Waals surface area contributed by atoms with Crippen molar-refractivity contribution in [3.8, 4) is 0 Å². The molecule has 0 fully saturated rings. The van der Waals surface area contributed by atoms with E-state index in [4.69, 9.17) is 9.47 Å². The molecule has 0 amide bonds. The van der Waals surface area contributed by atoms with Gasteiger partial charge >= 0.3 is 11.4 Å². The molecule has 0 aliphatic rings. The van der Waals surface area contributed by atoms with Crippen molar-refractivity contribution in [2.24, 2.45) is 0 Å². The molecule has 110 valence electrons. The first-order chi connectivity index (χ1) is 9.10. The van der Waals surface area contributed by atoms with Gasteiger partial charge in [0.1, 0.15) is 6.33 Å². The van der Waals surface area contributed by atoms with Crippen molar-refractivity contribution in [1.82, 2.24) is 13.9 Å². The molecule has 0 saturated carbocycles.